The molecule has 4 rings (SSSR count). The van der Waals surface area contributed by atoms with Crippen molar-refractivity contribution in [1.29, 1.82) is 0 Å². The smallest absolute Gasteiger partial charge is 0.410 e. The van der Waals surface area contributed by atoms with Gasteiger partial charge in [0.15, 0.2) is 34.6 Å². The molecule has 0 unspecified atom stereocenters. The Kier molecular flexibility index (Phi) is 10.6. The summed E-state index contributed by atoms with van der Waals surface area (Å²) >= 11 is 0. The van der Waals surface area contributed by atoms with Gasteiger partial charge in [-0.1, -0.05) is 0 Å². The van der Waals surface area contributed by atoms with E-state index in [1.165, 1.54) is 24.0 Å². The molecule has 2 aromatic rings. The lowest BCUT2D eigenvalue weighted by Crippen LogP contribution is -2.33. The van der Waals surface area contributed by atoms with Crippen molar-refractivity contribution in [1.82, 2.24) is 9.80 Å². The minimum atomic E-state index is -0.684. The molecule has 11 nitrogen and oxygen atoms in total. The average Bonchev–Trinajstić information content (AvgIpc) is 3.62. The van der Waals surface area contributed by atoms with Gasteiger partial charge in [0.1, 0.15) is 5.60 Å². The third kappa shape index (κ3) is 7.87. The van der Waals surface area contributed by atoms with Gasteiger partial charge in [-0.2, -0.15) is 0 Å². The largest absolute Gasteiger partial charge is 0.493 e. The number of ether oxygens (including phenoxy) is 6. The summed E-state index contributed by atoms with van der Waals surface area (Å²) in [6, 6.07) is 3.28. The molecule has 2 heterocycles. The Balaban J connectivity index is 1.35. The summed E-state index contributed by atoms with van der Waals surface area (Å²) in [6.45, 7) is 7.69. The van der Waals surface area contributed by atoms with Crippen molar-refractivity contribution in [2.45, 2.75) is 78.7 Å². The van der Waals surface area contributed by atoms with Crippen molar-refractivity contribution in [3.63, 3.8) is 0 Å². The number of benzene rings is 2. The zero-order chi connectivity index (χ0) is 32.9. The van der Waals surface area contributed by atoms with Gasteiger partial charge in [-0.25, -0.2) is 13.6 Å². The minimum Gasteiger partial charge on any atom is -0.493 e. The third-order valence-corrected chi connectivity index (χ3v) is 7.26. The maximum Gasteiger partial charge on any atom is 0.410 e. The van der Waals surface area contributed by atoms with Crippen molar-refractivity contribution in [2.24, 2.45) is 0 Å². The normalized spacial score (nSPS) is 13.7. The zero-order valence-electron chi connectivity index (χ0n) is 26.6. The molecule has 2 aliphatic heterocycles. The van der Waals surface area contributed by atoms with Crippen LogP contribution in [0.1, 0.15) is 69.2 Å². The van der Waals surface area contributed by atoms with Gasteiger partial charge >= 0.3 is 12.1 Å². The van der Waals surface area contributed by atoms with E-state index in [4.69, 9.17) is 28.4 Å². The summed E-state index contributed by atoms with van der Waals surface area (Å²) in [5.41, 5.74) is 1.15. The molecule has 0 aromatic heterocycles. The molecule has 13 heteroatoms. The fraction of sp³-hybridized carbons (Fsp3) is 0.531. The fourth-order valence-electron chi connectivity index (χ4n) is 5.13. The number of amides is 2. The van der Waals surface area contributed by atoms with Crippen LogP contribution >= 0.6 is 0 Å². The molecule has 45 heavy (non-hydrogen) atoms. The van der Waals surface area contributed by atoms with E-state index in [1.54, 1.807) is 39.8 Å². The van der Waals surface area contributed by atoms with Crippen molar-refractivity contribution in [3.05, 3.63) is 46.0 Å². The first-order valence-electron chi connectivity index (χ1n) is 14.8. The Bertz CT molecular complexity index is 1440. The second-order valence-electron chi connectivity index (χ2n) is 11.7. The third-order valence-electron chi connectivity index (χ3n) is 7.26. The van der Waals surface area contributed by atoms with E-state index >= 15 is 8.78 Å². The molecule has 2 aromatic carbocycles. The van der Waals surface area contributed by atoms with Crippen LogP contribution in [0.5, 0.6) is 23.0 Å². The lowest BCUT2D eigenvalue weighted by Gasteiger charge is -2.24. The highest BCUT2D eigenvalue weighted by atomic mass is 19.1. The van der Waals surface area contributed by atoms with Gasteiger partial charge in [0, 0.05) is 43.6 Å². The van der Waals surface area contributed by atoms with E-state index in [9.17, 15) is 14.4 Å². The Morgan fingerprint density at radius 3 is 1.80 bits per heavy atom. The SMILES string of the molecule is CCOC(=O)CCC(=O)N1Cc2cc(OC)c(OCCCOc3c(OC)cc4c(c3F)CN(C(=O)OC(C)(C)C)C4)c(F)c2C1. The maximum atomic E-state index is 15.6. The molecule has 0 spiro atoms. The van der Waals surface area contributed by atoms with Crippen molar-refractivity contribution in [3.8, 4) is 23.0 Å². The van der Waals surface area contributed by atoms with Gasteiger partial charge in [0.2, 0.25) is 5.91 Å². The van der Waals surface area contributed by atoms with Crippen LogP contribution in [0.2, 0.25) is 0 Å². The van der Waals surface area contributed by atoms with Gasteiger partial charge in [-0.3, -0.25) is 14.5 Å². The van der Waals surface area contributed by atoms with Crippen LogP contribution in [0.3, 0.4) is 0 Å². The fourth-order valence-corrected chi connectivity index (χ4v) is 5.13. The number of methoxy groups -OCH3 is 2. The summed E-state index contributed by atoms with van der Waals surface area (Å²) in [4.78, 5) is 39.6. The van der Waals surface area contributed by atoms with Crippen molar-refractivity contribution < 1.29 is 51.6 Å². The standard InChI is InChI=1S/C32H40F2N2O9/c1-7-42-26(38)10-9-25(37)35-15-19-13-23(40-5)29(27(33)21(19)17-35)43-11-8-12-44-30-24(41-6)14-20-16-36(18-22(20)28(30)34)31(39)45-32(2,3)4/h13-14H,7-12,15-18H2,1-6H3. The van der Waals surface area contributed by atoms with Crippen molar-refractivity contribution in [2.75, 3.05) is 34.0 Å². The predicted octanol–water partition coefficient (Wildman–Crippen LogP) is 5.27. The Morgan fingerprint density at radius 2 is 1.31 bits per heavy atom. The van der Waals surface area contributed by atoms with Gasteiger partial charge in [0.05, 0.1) is 47.0 Å². The molecule has 0 saturated carbocycles. The summed E-state index contributed by atoms with van der Waals surface area (Å²) in [7, 11) is 2.79. The number of hydrogen-bond donors (Lipinski definition) is 0. The number of esters is 1. The molecular weight excluding hydrogens is 594 g/mol. The van der Waals surface area contributed by atoms with E-state index in [-0.39, 0.29) is 94.2 Å². The first-order chi connectivity index (χ1) is 21.4. The highest BCUT2D eigenvalue weighted by molar-refractivity contribution is 5.82. The Labute approximate surface area is 261 Å². The Morgan fingerprint density at radius 1 is 0.800 bits per heavy atom. The van der Waals surface area contributed by atoms with Crippen LogP contribution in [0.15, 0.2) is 12.1 Å². The molecule has 0 fully saturated rings. The molecule has 0 saturated heterocycles. The highest BCUT2D eigenvalue weighted by Crippen LogP contribution is 2.40. The summed E-state index contributed by atoms with van der Waals surface area (Å²) in [6.07, 6.45) is -0.360. The van der Waals surface area contributed by atoms with Crippen molar-refractivity contribution >= 4 is 18.0 Å². The predicted molar refractivity (Wildman–Crippen MR) is 157 cm³/mol. The van der Waals surface area contributed by atoms with E-state index in [0.29, 0.717) is 22.3 Å². The number of hydrogen-bond acceptors (Lipinski definition) is 9. The molecular formula is C32H40F2N2O9. The monoisotopic (exact) mass is 634 g/mol. The number of carbonyl (C=O) groups is 3. The highest BCUT2D eigenvalue weighted by Gasteiger charge is 2.33. The molecule has 246 valence electrons. The number of halogens is 2. The molecule has 2 aliphatic rings. The van der Waals surface area contributed by atoms with Gasteiger partial charge < -0.3 is 33.3 Å². The van der Waals surface area contributed by atoms with E-state index in [2.05, 4.69) is 0 Å². The van der Waals surface area contributed by atoms with Gasteiger partial charge in [-0.05, 0) is 51.0 Å². The van der Waals surface area contributed by atoms with Crippen LogP contribution in [-0.4, -0.2) is 67.4 Å². The molecule has 0 bridgehead atoms. The summed E-state index contributed by atoms with van der Waals surface area (Å²) < 4.78 is 63.6. The zero-order valence-corrected chi connectivity index (χ0v) is 26.6. The van der Waals surface area contributed by atoms with E-state index in [1.807, 2.05) is 0 Å². The van der Waals surface area contributed by atoms with Crippen LogP contribution in [0.4, 0.5) is 13.6 Å². The molecule has 0 atom stereocenters. The van der Waals surface area contributed by atoms with E-state index in [0.717, 1.165) is 0 Å². The minimum absolute atomic E-state index is 0.0234. The van der Waals surface area contributed by atoms with E-state index < -0.39 is 29.3 Å². The molecule has 0 N–H and O–H groups in total. The quantitative estimate of drug-likeness (QED) is 0.228. The topological polar surface area (TPSA) is 113 Å². The lowest BCUT2D eigenvalue weighted by atomic mass is 10.1. The summed E-state index contributed by atoms with van der Waals surface area (Å²) in [5.74, 6) is -1.83. The number of nitrogens with zero attached hydrogens (tertiary/aromatic N) is 2. The maximum absolute atomic E-state index is 15.6. The first-order valence-corrected chi connectivity index (χ1v) is 14.8. The molecule has 0 radical (unpaired) electrons. The lowest BCUT2D eigenvalue weighted by molar-refractivity contribution is -0.145. The number of fused-ring (bicyclic) bond motifs is 2. The first kappa shape index (κ1) is 33.6. The average molecular weight is 635 g/mol. The Hall–Kier alpha value is -4.29. The van der Waals surface area contributed by atoms with Crippen LogP contribution in [0, 0.1) is 11.6 Å². The molecule has 2 amide bonds. The number of carbonyl (C=O) groups excluding carboxylic acids is 3. The second-order valence-corrected chi connectivity index (χ2v) is 11.7. The van der Waals surface area contributed by atoms with Crippen LogP contribution in [0.25, 0.3) is 0 Å². The second kappa shape index (κ2) is 14.2. The molecule has 0 aliphatic carbocycles. The van der Waals surface area contributed by atoms with Crippen LogP contribution in [-0.2, 0) is 45.2 Å². The number of rotatable bonds is 12. The van der Waals surface area contributed by atoms with Crippen LogP contribution < -0.4 is 18.9 Å². The van der Waals surface area contributed by atoms with Gasteiger partial charge in [-0.15, -0.1) is 0 Å². The summed E-state index contributed by atoms with van der Waals surface area (Å²) in [5, 5.41) is 0. The van der Waals surface area contributed by atoms with Gasteiger partial charge in [0.25, 0.3) is 0 Å².